The van der Waals surface area contributed by atoms with E-state index in [4.69, 9.17) is 14.9 Å². The van der Waals surface area contributed by atoms with Crippen LogP contribution >= 0.6 is 0 Å². The highest BCUT2D eigenvalue weighted by Gasteiger charge is 2.25. The van der Waals surface area contributed by atoms with Crippen LogP contribution in [-0.2, 0) is 9.53 Å². The van der Waals surface area contributed by atoms with Gasteiger partial charge in [0.1, 0.15) is 0 Å². The largest absolute Gasteiger partial charge is 0.481 e. The van der Waals surface area contributed by atoms with Crippen molar-refractivity contribution in [2.45, 2.75) is 26.4 Å². The first kappa shape index (κ1) is 16.7. The highest BCUT2D eigenvalue weighted by Crippen LogP contribution is 2.11. The Balaban J connectivity index is 2.42. The number of aliphatic hydroxyl groups is 1. The van der Waals surface area contributed by atoms with Gasteiger partial charge in [-0.3, -0.25) is 4.79 Å². The molecule has 1 aliphatic rings. The number of carboxylic acids is 1. The Bertz CT molecular complexity index is 335. The van der Waals surface area contributed by atoms with Crippen LogP contribution in [0.4, 0.5) is 4.79 Å². The smallest absolute Gasteiger partial charge is 0.317 e. The monoisotopic (exact) mass is 288 g/mol. The Morgan fingerprint density at radius 1 is 1.45 bits per heavy atom. The molecule has 1 aliphatic heterocycles. The molecule has 1 fully saturated rings. The van der Waals surface area contributed by atoms with Gasteiger partial charge >= 0.3 is 12.0 Å². The third-order valence-corrected chi connectivity index (χ3v) is 3.23. The first-order chi connectivity index (χ1) is 9.43. The molecule has 2 unspecified atom stereocenters. The zero-order valence-electron chi connectivity index (χ0n) is 12.0. The number of aliphatic hydroxyl groups excluding tert-OH is 1. The predicted octanol–water partition coefficient (Wildman–Crippen LogP) is 0.136. The number of carbonyl (C=O) groups is 2. The highest BCUT2D eigenvalue weighted by molar-refractivity contribution is 5.76. The SMILES string of the molecule is CC(C)CC(CNC(=O)N1CCOC(CO)C1)C(=O)O. The molecule has 20 heavy (non-hydrogen) atoms. The van der Waals surface area contributed by atoms with Gasteiger partial charge in [0.25, 0.3) is 0 Å². The Labute approximate surface area is 118 Å². The number of hydrogen-bond acceptors (Lipinski definition) is 4. The van der Waals surface area contributed by atoms with E-state index in [1.165, 1.54) is 0 Å². The summed E-state index contributed by atoms with van der Waals surface area (Å²) in [7, 11) is 0. The normalized spacial score (nSPS) is 20.8. The van der Waals surface area contributed by atoms with Crippen LogP contribution in [0.5, 0.6) is 0 Å². The summed E-state index contributed by atoms with van der Waals surface area (Å²) in [6.45, 7) is 5.04. The first-order valence-electron chi connectivity index (χ1n) is 6.92. The third kappa shape index (κ3) is 5.34. The summed E-state index contributed by atoms with van der Waals surface area (Å²) in [5, 5.41) is 20.8. The molecule has 2 amide bonds. The second kappa shape index (κ2) is 8.06. The van der Waals surface area contributed by atoms with E-state index in [2.05, 4.69) is 5.32 Å². The third-order valence-electron chi connectivity index (χ3n) is 3.23. The molecule has 0 bridgehead atoms. The van der Waals surface area contributed by atoms with E-state index in [1.807, 2.05) is 13.8 Å². The van der Waals surface area contributed by atoms with Gasteiger partial charge in [0, 0.05) is 13.1 Å². The quantitative estimate of drug-likeness (QED) is 0.645. The van der Waals surface area contributed by atoms with Crippen molar-refractivity contribution in [1.82, 2.24) is 10.2 Å². The van der Waals surface area contributed by atoms with Crippen molar-refractivity contribution in [1.29, 1.82) is 0 Å². The average molecular weight is 288 g/mol. The van der Waals surface area contributed by atoms with Gasteiger partial charge < -0.3 is 25.2 Å². The molecular formula is C13H24N2O5. The Morgan fingerprint density at radius 2 is 2.15 bits per heavy atom. The van der Waals surface area contributed by atoms with Gasteiger partial charge in [0.15, 0.2) is 0 Å². The van der Waals surface area contributed by atoms with Gasteiger partial charge in [-0.15, -0.1) is 0 Å². The van der Waals surface area contributed by atoms with Crippen molar-refractivity contribution in [2.75, 3.05) is 32.8 Å². The number of urea groups is 1. The maximum atomic E-state index is 12.0. The number of nitrogens with one attached hydrogen (secondary N) is 1. The molecule has 0 radical (unpaired) electrons. The van der Waals surface area contributed by atoms with Crippen molar-refractivity contribution in [3.63, 3.8) is 0 Å². The van der Waals surface area contributed by atoms with Crippen LogP contribution in [0.1, 0.15) is 20.3 Å². The van der Waals surface area contributed by atoms with Crippen molar-refractivity contribution >= 4 is 12.0 Å². The summed E-state index contributed by atoms with van der Waals surface area (Å²) >= 11 is 0. The summed E-state index contributed by atoms with van der Waals surface area (Å²) < 4.78 is 5.26. The molecule has 1 saturated heterocycles. The number of nitrogens with zero attached hydrogens (tertiary/aromatic N) is 1. The number of morpholine rings is 1. The van der Waals surface area contributed by atoms with E-state index in [-0.39, 0.29) is 31.2 Å². The lowest BCUT2D eigenvalue weighted by Crippen LogP contribution is -2.51. The molecule has 116 valence electrons. The van der Waals surface area contributed by atoms with E-state index in [9.17, 15) is 9.59 Å². The second-order valence-corrected chi connectivity index (χ2v) is 5.47. The molecule has 3 N–H and O–H groups in total. The zero-order chi connectivity index (χ0) is 15.1. The molecule has 7 nitrogen and oxygen atoms in total. The molecule has 7 heteroatoms. The van der Waals surface area contributed by atoms with Gasteiger partial charge in [-0.25, -0.2) is 4.79 Å². The maximum absolute atomic E-state index is 12.0. The molecule has 1 heterocycles. The molecule has 0 aromatic rings. The Morgan fingerprint density at radius 3 is 2.70 bits per heavy atom. The fourth-order valence-electron chi connectivity index (χ4n) is 2.18. The molecule has 0 aromatic carbocycles. The highest BCUT2D eigenvalue weighted by atomic mass is 16.5. The van der Waals surface area contributed by atoms with E-state index in [0.717, 1.165) is 0 Å². The van der Waals surface area contributed by atoms with Crippen molar-refractivity contribution in [2.24, 2.45) is 11.8 Å². The van der Waals surface area contributed by atoms with Crippen LogP contribution in [0, 0.1) is 11.8 Å². The predicted molar refractivity (Wildman–Crippen MR) is 72.4 cm³/mol. The number of carbonyl (C=O) groups excluding carboxylic acids is 1. The first-order valence-corrected chi connectivity index (χ1v) is 6.92. The lowest BCUT2D eigenvalue weighted by molar-refractivity contribution is -0.142. The molecule has 0 aromatic heterocycles. The molecule has 1 rings (SSSR count). The molecule has 0 aliphatic carbocycles. The van der Waals surface area contributed by atoms with Crippen LogP contribution in [0.3, 0.4) is 0 Å². The molecule has 2 atom stereocenters. The number of hydrogen-bond donors (Lipinski definition) is 3. The van der Waals surface area contributed by atoms with E-state index in [0.29, 0.717) is 26.1 Å². The second-order valence-electron chi connectivity index (χ2n) is 5.47. The van der Waals surface area contributed by atoms with Crippen LogP contribution in [0.25, 0.3) is 0 Å². The zero-order valence-corrected chi connectivity index (χ0v) is 12.0. The number of carboxylic acid groups (broad SMARTS) is 1. The van der Waals surface area contributed by atoms with Gasteiger partial charge in [-0.1, -0.05) is 13.8 Å². The maximum Gasteiger partial charge on any atom is 0.317 e. The van der Waals surface area contributed by atoms with Crippen LogP contribution < -0.4 is 5.32 Å². The lowest BCUT2D eigenvalue weighted by atomic mass is 9.97. The van der Waals surface area contributed by atoms with Gasteiger partial charge in [-0.05, 0) is 12.3 Å². The van der Waals surface area contributed by atoms with Gasteiger partial charge in [0.2, 0.25) is 0 Å². The number of rotatable bonds is 6. The van der Waals surface area contributed by atoms with E-state index in [1.54, 1.807) is 4.90 Å². The minimum absolute atomic E-state index is 0.119. The lowest BCUT2D eigenvalue weighted by Gasteiger charge is -2.32. The minimum atomic E-state index is -0.894. The van der Waals surface area contributed by atoms with Crippen molar-refractivity contribution in [3.05, 3.63) is 0 Å². The van der Waals surface area contributed by atoms with Crippen LogP contribution in [-0.4, -0.2) is 66.1 Å². The number of aliphatic carboxylic acids is 1. The van der Waals surface area contributed by atoms with Crippen molar-refractivity contribution in [3.8, 4) is 0 Å². The standard InChI is InChI=1S/C13H24N2O5/c1-9(2)5-10(12(17)18)6-14-13(19)15-3-4-20-11(7-15)8-16/h9-11,16H,3-8H2,1-2H3,(H,14,19)(H,17,18). The van der Waals surface area contributed by atoms with Gasteiger partial charge in [-0.2, -0.15) is 0 Å². The topological polar surface area (TPSA) is 99.1 Å². The Hall–Kier alpha value is -1.34. The van der Waals surface area contributed by atoms with E-state index >= 15 is 0 Å². The summed E-state index contributed by atoms with van der Waals surface area (Å²) in [4.78, 5) is 24.6. The number of ether oxygens (including phenoxy) is 1. The molecule has 0 saturated carbocycles. The molecular weight excluding hydrogens is 264 g/mol. The summed E-state index contributed by atoms with van der Waals surface area (Å²) in [6.07, 6.45) is 0.165. The van der Waals surface area contributed by atoms with E-state index < -0.39 is 11.9 Å². The van der Waals surface area contributed by atoms with Crippen molar-refractivity contribution < 1.29 is 24.5 Å². The van der Waals surface area contributed by atoms with Crippen LogP contribution in [0.2, 0.25) is 0 Å². The summed E-state index contributed by atoms with van der Waals surface area (Å²) in [5.74, 6) is -1.21. The number of amides is 2. The fraction of sp³-hybridized carbons (Fsp3) is 0.846. The average Bonchev–Trinajstić information content (AvgIpc) is 2.42. The van der Waals surface area contributed by atoms with Gasteiger partial charge in [0.05, 0.1) is 31.8 Å². The minimum Gasteiger partial charge on any atom is -0.481 e. The molecule has 0 spiro atoms. The fourth-order valence-corrected chi connectivity index (χ4v) is 2.18. The Kier molecular flexibility index (Phi) is 6.74. The summed E-state index contributed by atoms with van der Waals surface area (Å²) in [6, 6.07) is -0.304. The van der Waals surface area contributed by atoms with Crippen LogP contribution in [0.15, 0.2) is 0 Å². The summed E-state index contributed by atoms with van der Waals surface area (Å²) in [5.41, 5.74) is 0.